The molecule has 2 aromatic rings. The smallest absolute Gasteiger partial charge is 0.411 e. The highest BCUT2D eigenvalue weighted by Crippen LogP contribution is 2.40. The molecule has 0 saturated carbocycles. The average molecular weight is 463 g/mol. The van der Waals surface area contributed by atoms with Crippen molar-refractivity contribution in [2.45, 2.75) is 58.7 Å². The summed E-state index contributed by atoms with van der Waals surface area (Å²) < 4.78 is 6.55. The molecule has 1 unspecified atom stereocenters. The van der Waals surface area contributed by atoms with Gasteiger partial charge in [-0.25, -0.2) is 9.78 Å². The van der Waals surface area contributed by atoms with E-state index in [1.165, 1.54) is 0 Å². The van der Waals surface area contributed by atoms with Crippen LogP contribution in [0.3, 0.4) is 0 Å². The Kier molecular flexibility index (Phi) is 5.76. The van der Waals surface area contributed by atoms with E-state index in [0.717, 1.165) is 10.0 Å². The normalized spacial score (nSPS) is 22.0. The minimum Gasteiger partial charge on any atom is -0.444 e. The number of imidazole rings is 1. The third kappa shape index (κ3) is 4.47. The minimum absolute atomic E-state index is 0.0203. The van der Waals surface area contributed by atoms with E-state index in [2.05, 4.69) is 27.8 Å². The quantitative estimate of drug-likeness (QED) is 0.692. The molecular weight excluding hydrogens is 436 g/mol. The number of amides is 2. The average Bonchev–Trinajstić information content (AvgIpc) is 3.16. The van der Waals surface area contributed by atoms with Gasteiger partial charge in [0.1, 0.15) is 22.8 Å². The highest BCUT2D eigenvalue weighted by Gasteiger charge is 2.43. The van der Waals surface area contributed by atoms with E-state index in [1.54, 1.807) is 4.90 Å². The summed E-state index contributed by atoms with van der Waals surface area (Å²) in [6, 6.07) is 7.14. The topological polar surface area (TPSA) is 101 Å². The van der Waals surface area contributed by atoms with Crippen molar-refractivity contribution < 1.29 is 14.3 Å². The summed E-state index contributed by atoms with van der Waals surface area (Å²) in [7, 11) is 0. The van der Waals surface area contributed by atoms with Crippen LogP contribution in [0.25, 0.3) is 11.3 Å². The highest BCUT2D eigenvalue weighted by atomic mass is 79.9. The van der Waals surface area contributed by atoms with Crippen LogP contribution >= 0.6 is 15.9 Å². The van der Waals surface area contributed by atoms with Crippen molar-refractivity contribution in [1.82, 2.24) is 14.9 Å². The fraction of sp³-hybridized carbons (Fsp3) is 0.476. The number of aromatic nitrogens is 2. The molecule has 3 atom stereocenters. The molecule has 1 saturated heterocycles. The van der Waals surface area contributed by atoms with Crippen molar-refractivity contribution in [2.75, 3.05) is 0 Å². The van der Waals surface area contributed by atoms with E-state index in [1.807, 2.05) is 52.0 Å². The number of hydrogen-bond acceptors (Lipinski definition) is 4. The van der Waals surface area contributed by atoms with Crippen molar-refractivity contribution in [3.8, 4) is 11.3 Å². The lowest BCUT2D eigenvalue weighted by Gasteiger charge is -2.31. The molecule has 2 heterocycles. The molecule has 1 fully saturated rings. The number of nitrogens with one attached hydrogen (secondary N) is 1. The number of nitrogens with zero attached hydrogens (tertiary/aromatic N) is 2. The molecule has 1 aromatic heterocycles. The zero-order valence-electron chi connectivity index (χ0n) is 17.3. The zero-order chi connectivity index (χ0) is 21.5. The maximum absolute atomic E-state index is 12.9. The number of aromatic amines is 1. The molecule has 0 radical (unpaired) electrons. The first-order valence-corrected chi connectivity index (χ1v) is 10.4. The maximum atomic E-state index is 12.9. The molecule has 1 aliphatic heterocycles. The van der Waals surface area contributed by atoms with Gasteiger partial charge in [-0.05, 0) is 52.2 Å². The van der Waals surface area contributed by atoms with Gasteiger partial charge in [0.15, 0.2) is 0 Å². The summed E-state index contributed by atoms with van der Waals surface area (Å²) in [5.74, 6) is 0.203. The van der Waals surface area contributed by atoms with Crippen LogP contribution in [-0.2, 0) is 4.74 Å². The van der Waals surface area contributed by atoms with Gasteiger partial charge >= 0.3 is 6.09 Å². The molecule has 3 rings (SSSR count). The van der Waals surface area contributed by atoms with Crippen molar-refractivity contribution >= 4 is 27.9 Å². The molecule has 0 aliphatic carbocycles. The Labute approximate surface area is 179 Å². The van der Waals surface area contributed by atoms with Gasteiger partial charge in [-0.3, -0.25) is 9.69 Å². The largest absolute Gasteiger partial charge is 0.444 e. The number of rotatable bonds is 3. The Bertz CT molecular complexity index is 917. The number of carbonyl (C=O) groups excluding carboxylic acids is 2. The number of primary amides is 1. The van der Waals surface area contributed by atoms with Crippen LogP contribution in [0.5, 0.6) is 0 Å². The van der Waals surface area contributed by atoms with Gasteiger partial charge in [0.05, 0.1) is 6.04 Å². The number of hydrogen-bond donors (Lipinski definition) is 2. The third-order valence-corrected chi connectivity index (χ3v) is 5.73. The molecule has 8 heteroatoms. The molecule has 2 amide bonds. The van der Waals surface area contributed by atoms with Crippen LogP contribution in [0, 0.1) is 5.92 Å². The van der Waals surface area contributed by atoms with Gasteiger partial charge < -0.3 is 15.5 Å². The summed E-state index contributed by atoms with van der Waals surface area (Å²) >= 11 is 3.41. The molecule has 1 aromatic carbocycles. The Morgan fingerprint density at radius 1 is 1.24 bits per heavy atom. The second kappa shape index (κ2) is 7.82. The van der Waals surface area contributed by atoms with Crippen molar-refractivity contribution in [3.63, 3.8) is 0 Å². The molecule has 3 N–H and O–H groups in total. The Morgan fingerprint density at radius 3 is 2.41 bits per heavy atom. The van der Waals surface area contributed by atoms with Crippen LogP contribution < -0.4 is 5.73 Å². The number of nitrogens with two attached hydrogens (primary N) is 1. The molecule has 0 spiro atoms. The molecule has 156 valence electrons. The number of H-pyrrole nitrogens is 1. The standard InChI is InChI=1S/C21H27BrN4O3/c1-11-10-15(26(12(11)2)20(28)29-21(3,4)5)19-24-16(17(25-19)18(23)27)13-6-8-14(22)9-7-13/h6-9,11-12,15H,10H2,1-5H3,(H2,23,27)(H,24,25)/t11-,12?,15+/m1/s1. The van der Waals surface area contributed by atoms with E-state index in [-0.39, 0.29) is 29.8 Å². The Hall–Kier alpha value is -2.35. The monoisotopic (exact) mass is 462 g/mol. The van der Waals surface area contributed by atoms with Gasteiger partial charge in [0.2, 0.25) is 0 Å². The zero-order valence-corrected chi connectivity index (χ0v) is 18.9. The maximum Gasteiger partial charge on any atom is 0.411 e. The lowest BCUT2D eigenvalue weighted by atomic mass is 10.0. The fourth-order valence-electron chi connectivity index (χ4n) is 3.62. The van der Waals surface area contributed by atoms with Crippen LogP contribution in [-0.4, -0.2) is 38.5 Å². The van der Waals surface area contributed by atoms with Crippen LogP contribution in [0.4, 0.5) is 4.79 Å². The van der Waals surface area contributed by atoms with Crippen LogP contribution in [0.1, 0.15) is 63.4 Å². The second-order valence-corrected chi connectivity index (χ2v) is 9.49. The van der Waals surface area contributed by atoms with E-state index in [4.69, 9.17) is 15.5 Å². The Balaban J connectivity index is 2.02. The number of carbonyl (C=O) groups is 2. The number of ether oxygens (including phenoxy) is 1. The molecular formula is C21H27BrN4O3. The van der Waals surface area contributed by atoms with E-state index in [0.29, 0.717) is 17.9 Å². The van der Waals surface area contributed by atoms with E-state index >= 15 is 0 Å². The number of benzene rings is 1. The van der Waals surface area contributed by atoms with E-state index in [9.17, 15) is 9.59 Å². The SMILES string of the molecule is CC1[C@H](C)C[C@@H](c2nc(-c3ccc(Br)cc3)c(C(N)=O)[nH]2)N1C(=O)OC(C)(C)C. The summed E-state index contributed by atoms with van der Waals surface area (Å²) in [6.45, 7) is 9.62. The predicted molar refractivity (Wildman–Crippen MR) is 114 cm³/mol. The van der Waals surface area contributed by atoms with Gasteiger partial charge in [-0.15, -0.1) is 0 Å². The predicted octanol–water partition coefficient (Wildman–Crippen LogP) is 4.64. The minimum atomic E-state index is -0.600. The van der Waals surface area contributed by atoms with Gasteiger partial charge in [0, 0.05) is 16.1 Å². The van der Waals surface area contributed by atoms with Crippen LogP contribution in [0.15, 0.2) is 28.7 Å². The third-order valence-electron chi connectivity index (χ3n) is 5.20. The number of halogens is 1. The van der Waals surface area contributed by atoms with Crippen molar-refractivity contribution in [2.24, 2.45) is 11.7 Å². The van der Waals surface area contributed by atoms with Gasteiger partial charge in [0.25, 0.3) is 5.91 Å². The molecule has 29 heavy (non-hydrogen) atoms. The molecule has 1 aliphatic rings. The van der Waals surface area contributed by atoms with Crippen molar-refractivity contribution in [3.05, 3.63) is 40.3 Å². The summed E-state index contributed by atoms with van der Waals surface area (Å²) in [5.41, 5.74) is 6.49. The lowest BCUT2D eigenvalue weighted by Crippen LogP contribution is -2.41. The first-order chi connectivity index (χ1) is 13.5. The lowest BCUT2D eigenvalue weighted by molar-refractivity contribution is 0.0140. The van der Waals surface area contributed by atoms with Crippen LogP contribution in [0.2, 0.25) is 0 Å². The summed E-state index contributed by atoms with van der Waals surface area (Å²) in [5, 5.41) is 0. The number of likely N-dealkylation sites (tertiary alicyclic amines) is 1. The summed E-state index contributed by atoms with van der Waals surface area (Å²) in [4.78, 5) is 34.4. The first kappa shape index (κ1) is 21.4. The Morgan fingerprint density at radius 2 is 1.86 bits per heavy atom. The van der Waals surface area contributed by atoms with Gasteiger partial charge in [-0.1, -0.05) is 35.0 Å². The summed E-state index contributed by atoms with van der Waals surface area (Å²) in [6.07, 6.45) is 0.327. The van der Waals surface area contributed by atoms with Gasteiger partial charge in [-0.2, -0.15) is 0 Å². The second-order valence-electron chi connectivity index (χ2n) is 8.57. The van der Waals surface area contributed by atoms with E-state index < -0.39 is 11.5 Å². The molecule has 7 nitrogen and oxygen atoms in total. The molecule has 0 bridgehead atoms. The van der Waals surface area contributed by atoms with Crippen molar-refractivity contribution in [1.29, 1.82) is 0 Å². The fourth-order valence-corrected chi connectivity index (χ4v) is 3.88. The highest BCUT2D eigenvalue weighted by molar-refractivity contribution is 9.10. The first-order valence-electron chi connectivity index (χ1n) is 9.65.